The van der Waals surface area contributed by atoms with Crippen LogP contribution in [-0.4, -0.2) is 65.8 Å². The number of para-hydroxylation sites is 1. The molecule has 14 heteroatoms. The van der Waals surface area contributed by atoms with Crippen molar-refractivity contribution < 1.29 is 44.8 Å². The SMILES string of the molecule is [2H]C([3H])OC[C@H]1O[C@@H](n2cc3c(nc2=O)N(C(=O)C(F)(F)F)c2c(OCCCN)cccc2O3)CC1O. The lowest BCUT2D eigenvalue weighted by atomic mass is 10.2. The number of ether oxygens (including phenoxy) is 4. The normalized spacial score (nSPS) is 23.0. The number of aliphatic hydroxyl groups excluding tert-OH is 1. The number of halogens is 3. The predicted octanol–water partition coefficient (Wildman–Crippen LogP) is 1.60. The van der Waals surface area contributed by atoms with E-state index in [2.05, 4.69) is 4.98 Å². The molecule has 0 bridgehead atoms. The van der Waals surface area contributed by atoms with E-state index in [-0.39, 0.29) is 54.0 Å². The van der Waals surface area contributed by atoms with Crippen molar-refractivity contribution in [3.63, 3.8) is 0 Å². The number of hydrogen-bond acceptors (Lipinski definition) is 9. The largest absolute Gasteiger partial charge is 0.491 e. The summed E-state index contributed by atoms with van der Waals surface area (Å²) in [5, 5.41) is 10.2. The molecule has 1 saturated heterocycles. The molecule has 2 aliphatic rings. The quantitative estimate of drug-likeness (QED) is 0.540. The third-order valence-electron chi connectivity index (χ3n) is 5.34. The van der Waals surface area contributed by atoms with Gasteiger partial charge in [-0.15, -0.1) is 0 Å². The van der Waals surface area contributed by atoms with Gasteiger partial charge in [0, 0.05) is 13.5 Å². The second-order valence-corrected chi connectivity index (χ2v) is 7.72. The number of alkyl halides is 3. The number of aromatic nitrogens is 2. The smallest absolute Gasteiger partial charge is 0.472 e. The van der Waals surface area contributed by atoms with E-state index in [0.717, 1.165) is 10.8 Å². The number of carbonyl (C=O) groups excluding carboxylic acids is 1. The molecule has 2 aliphatic heterocycles. The Hall–Kier alpha value is -3.20. The van der Waals surface area contributed by atoms with E-state index in [1.165, 1.54) is 18.2 Å². The molecular formula is C21H23F3N4O7. The van der Waals surface area contributed by atoms with E-state index < -0.39 is 49.1 Å². The number of amides is 1. The van der Waals surface area contributed by atoms with Crippen LogP contribution in [0.2, 0.25) is 0 Å². The maximum atomic E-state index is 13.6. The molecule has 35 heavy (non-hydrogen) atoms. The van der Waals surface area contributed by atoms with Gasteiger partial charge in [0.15, 0.2) is 17.3 Å². The van der Waals surface area contributed by atoms with Gasteiger partial charge < -0.3 is 29.8 Å². The Balaban J connectivity index is 1.73. The molecule has 11 nitrogen and oxygen atoms in total. The van der Waals surface area contributed by atoms with E-state index in [4.69, 9.17) is 27.4 Å². The van der Waals surface area contributed by atoms with E-state index >= 15 is 0 Å². The van der Waals surface area contributed by atoms with Crippen molar-refractivity contribution in [3.05, 3.63) is 34.9 Å². The monoisotopic (exact) mass is 503 g/mol. The average Bonchev–Trinajstić information content (AvgIpc) is 3.20. The van der Waals surface area contributed by atoms with Gasteiger partial charge in [0.25, 0.3) is 0 Å². The highest BCUT2D eigenvalue weighted by molar-refractivity contribution is 6.07. The zero-order valence-corrected chi connectivity index (χ0v) is 18.1. The van der Waals surface area contributed by atoms with E-state index in [9.17, 15) is 27.9 Å². The van der Waals surface area contributed by atoms with Crippen molar-refractivity contribution in [1.82, 2.24) is 9.55 Å². The van der Waals surface area contributed by atoms with Gasteiger partial charge in [-0.2, -0.15) is 18.2 Å². The Labute approximate surface area is 199 Å². The number of anilines is 2. The minimum atomic E-state index is -5.33. The highest BCUT2D eigenvalue weighted by Crippen LogP contribution is 2.51. The van der Waals surface area contributed by atoms with Gasteiger partial charge >= 0.3 is 17.8 Å². The minimum Gasteiger partial charge on any atom is -0.491 e. The maximum Gasteiger partial charge on any atom is 0.472 e. The first-order chi connectivity index (χ1) is 17.5. The lowest BCUT2D eigenvalue weighted by molar-refractivity contribution is -0.169. The molecule has 2 unspecified atom stereocenters. The molecular weight excluding hydrogens is 477 g/mol. The molecule has 2 aromatic rings. The molecule has 1 amide bonds. The number of aliphatic hydroxyl groups is 1. The Bertz CT molecular complexity index is 1210. The summed E-state index contributed by atoms with van der Waals surface area (Å²) in [5.74, 6) is -3.62. The highest BCUT2D eigenvalue weighted by atomic mass is 19.4. The molecule has 1 aromatic heterocycles. The Morgan fingerprint density at radius 3 is 2.97 bits per heavy atom. The summed E-state index contributed by atoms with van der Waals surface area (Å²) in [5.41, 5.74) is 3.99. The Morgan fingerprint density at radius 1 is 1.46 bits per heavy atom. The summed E-state index contributed by atoms with van der Waals surface area (Å²) in [7, 11) is -1.61. The zero-order chi connectivity index (χ0) is 26.9. The fourth-order valence-electron chi connectivity index (χ4n) is 3.75. The number of hydrogen-bond donors (Lipinski definition) is 2. The van der Waals surface area contributed by atoms with Crippen molar-refractivity contribution in [2.45, 2.75) is 37.5 Å². The van der Waals surface area contributed by atoms with Gasteiger partial charge in [0.1, 0.15) is 23.8 Å². The van der Waals surface area contributed by atoms with Gasteiger partial charge in [0.05, 0.1) is 28.3 Å². The Kier molecular flexibility index (Phi) is 6.24. The summed E-state index contributed by atoms with van der Waals surface area (Å²) in [6.07, 6.45) is -7.21. The summed E-state index contributed by atoms with van der Waals surface area (Å²) in [4.78, 5) is 29.3. The molecule has 1 aromatic carbocycles. The summed E-state index contributed by atoms with van der Waals surface area (Å²) < 4.78 is 77.6. The van der Waals surface area contributed by atoms with Crippen LogP contribution in [0.3, 0.4) is 0 Å². The van der Waals surface area contributed by atoms with Gasteiger partial charge in [-0.3, -0.25) is 9.36 Å². The standard InChI is InChI=1S/C21H23F3N4O7/c1-32-10-15-11(29)8-16(35-15)27-9-14-18(26-20(27)31)28(19(30)21(22,23)24)17-12(33-7-3-6-25)4-2-5-13(17)34-14/h2,4-5,9,11,15-16,29H,3,6-8,10,25H2,1H3/t11?,15-,16-/m1/s1/i1TD/t1?,11?,15-,16-. The number of benzene rings is 1. The molecule has 0 aliphatic carbocycles. The first-order valence-corrected chi connectivity index (χ1v) is 10.5. The van der Waals surface area contributed by atoms with Crippen LogP contribution in [0.5, 0.6) is 17.2 Å². The second kappa shape index (κ2) is 9.81. The topological polar surface area (TPSA) is 138 Å². The molecule has 0 spiro atoms. The number of rotatable bonds is 7. The van der Waals surface area contributed by atoms with E-state index in [0.29, 0.717) is 6.42 Å². The van der Waals surface area contributed by atoms with Crippen LogP contribution in [0.4, 0.5) is 24.7 Å². The van der Waals surface area contributed by atoms with Crippen LogP contribution in [0.1, 0.15) is 21.8 Å². The van der Waals surface area contributed by atoms with Gasteiger partial charge in [-0.1, -0.05) is 6.07 Å². The number of methoxy groups -OCH3 is 1. The lowest BCUT2D eigenvalue weighted by Gasteiger charge is -2.32. The molecule has 1 fully saturated rings. The third-order valence-corrected chi connectivity index (χ3v) is 5.34. The first kappa shape index (κ1) is 22.3. The van der Waals surface area contributed by atoms with Crippen molar-refractivity contribution >= 4 is 17.4 Å². The fourth-order valence-corrected chi connectivity index (χ4v) is 3.75. The van der Waals surface area contributed by atoms with Crippen molar-refractivity contribution in [1.29, 1.82) is 0 Å². The molecule has 4 atom stereocenters. The zero-order valence-electron chi connectivity index (χ0n) is 20.1. The van der Waals surface area contributed by atoms with E-state index in [1.54, 1.807) is 0 Å². The number of nitrogens with zero attached hydrogens (tertiary/aromatic N) is 3. The van der Waals surface area contributed by atoms with Crippen molar-refractivity contribution in [2.24, 2.45) is 5.73 Å². The second-order valence-electron chi connectivity index (χ2n) is 7.72. The Morgan fingerprint density at radius 2 is 2.26 bits per heavy atom. The van der Waals surface area contributed by atoms with Crippen molar-refractivity contribution in [2.75, 3.05) is 31.7 Å². The average molecular weight is 503 g/mol. The number of fused-ring (bicyclic) bond motifs is 2. The fraction of sp³-hybridized carbons (Fsp3) is 0.476. The molecule has 0 saturated carbocycles. The number of carbonyl (C=O) groups is 1. The highest BCUT2D eigenvalue weighted by Gasteiger charge is 2.48. The van der Waals surface area contributed by atoms with Crippen LogP contribution in [0, 0.1) is 0 Å². The lowest BCUT2D eigenvalue weighted by Crippen LogP contribution is -2.41. The molecule has 3 N–H and O–H groups in total. The summed E-state index contributed by atoms with van der Waals surface area (Å²) >= 11 is 0. The minimum absolute atomic E-state index is 0.0519. The summed E-state index contributed by atoms with van der Waals surface area (Å²) in [6.45, 7) is 0.0157. The van der Waals surface area contributed by atoms with Crippen LogP contribution in [0.15, 0.2) is 29.2 Å². The van der Waals surface area contributed by atoms with Crippen LogP contribution >= 0.6 is 0 Å². The van der Waals surface area contributed by atoms with Gasteiger partial charge in [0.2, 0.25) is 0 Å². The molecule has 3 heterocycles. The van der Waals surface area contributed by atoms with Crippen LogP contribution in [-0.2, 0) is 14.3 Å². The predicted molar refractivity (Wildman–Crippen MR) is 114 cm³/mol. The van der Waals surface area contributed by atoms with Gasteiger partial charge in [-0.05, 0) is 25.1 Å². The maximum absolute atomic E-state index is 13.6. The number of nitrogens with two attached hydrogens (primary N) is 1. The summed E-state index contributed by atoms with van der Waals surface area (Å²) in [6, 6.07) is 4.12. The van der Waals surface area contributed by atoms with Crippen LogP contribution in [0.25, 0.3) is 0 Å². The van der Waals surface area contributed by atoms with Gasteiger partial charge in [-0.25, -0.2) is 9.69 Å². The van der Waals surface area contributed by atoms with Crippen LogP contribution < -0.4 is 25.8 Å². The molecule has 4 rings (SSSR count). The van der Waals surface area contributed by atoms with Crippen molar-refractivity contribution in [3.8, 4) is 17.2 Å². The third kappa shape index (κ3) is 4.82. The first-order valence-electron chi connectivity index (χ1n) is 11.6. The van der Waals surface area contributed by atoms with E-state index in [1.807, 2.05) is 0 Å². The molecule has 190 valence electrons. The molecule has 0 radical (unpaired) electrons.